The molecule has 166 valence electrons. The summed E-state index contributed by atoms with van der Waals surface area (Å²) in [5.74, 6) is 0.861. The Balaban J connectivity index is 1.59. The van der Waals surface area contributed by atoms with Crippen LogP contribution in [0.4, 0.5) is 11.5 Å². The van der Waals surface area contributed by atoms with Crippen LogP contribution in [0.15, 0.2) is 72.1 Å². The first-order valence-corrected chi connectivity index (χ1v) is 11.2. The second-order valence-electron chi connectivity index (χ2n) is 7.53. The third-order valence-corrected chi connectivity index (χ3v) is 5.11. The van der Waals surface area contributed by atoms with E-state index in [1.54, 1.807) is 44.2 Å². The molecule has 1 unspecified atom stereocenters. The van der Waals surface area contributed by atoms with Crippen molar-refractivity contribution in [2.75, 3.05) is 16.8 Å². The van der Waals surface area contributed by atoms with Crippen LogP contribution in [0, 0.1) is 5.92 Å². The first-order valence-electron chi connectivity index (χ1n) is 10.4. The highest BCUT2D eigenvalue weighted by Crippen LogP contribution is 2.24. The Morgan fingerprint density at radius 2 is 1.78 bits per heavy atom. The molecule has 7 nitrogen and oxygen atoms in total. The minimum absolute atomic E-state index is 0.0779. The van der Waals surface area contributed by atoms with Gasteiger partial charge in [0.25, 0.3) is 0 Å². The Morgan fingerprint density at radius 1 is 1.06 bits per heavy atom. The molecule has 2 amide bonds. The van der Waals surface area contributed by atoms with E-state index >= 15 is 0 Å². The van der Waals surface area contributed by atoms with E-state index in [0.717, 1.165) is 23.7 Å². The summed E-state index contributed by atoms with van der Waals surface area (Å²) in [6.07, 6.45) is 11.6. The zero-order valence-corrected chi connectivity index (χ0v) is 19.3. The van der Waals surface area contributed by atoms with Gasteiger partial charge in [-0.05, 0) is 48.0 Å². The number of aromatic nitrogens is 2. The lowest BCUT2D eigenvalue weighted by Gasteiger charge is -2.10. The number of carbonyl (C=O) groups is 2. The van der Waals surface area contributed by atoms with Crippen molar-refractivity contribution in [1.29, 1.82) is 0 Å². The van der Waals surface area contributed by atoms with Gasteiger partial charge in [0.1, 0.15) is 17.9 Å². The van der Waals surface area contributed by atoms with Gasteiger partial charge >= 0.3 is 0 Å². The van der Waals surface area contributed by atoms with E-state index in [4.69, 9.17) is 4.74 Å². The predicted molar refractivity (Wildman–Crippen MR) is 130 cm³/mol. The maximum atomic E-state index is 12.5. The van der Waals surface area contributed by atoms with Gasteiger partial charge in [-0.1, -0.05) is 38.2 Å². The lowest BCUT2D eigenvalue weighted by molar-refractivity contribution is -0.119. The second-order valence-corrected chi connectivity index (χ2v) is 7.94. The number of nitrogens with one attached hydrogen (secondary N) is 2. The lowest BCUT2D eigenvalue weighted by atomic mass is 10.1. The maximum absolute atomic E-state index is 12.5. The molecule has 1 aliphatic carbocycles. The molecule has 1 aliphatic rings. The molecule has 2 aromatic rings. The van der Waals surface area contributed by atoms with Crippen LogP contribution in [0.5, 0.6) is 11.6 Å². The topological polar surface area (TPSA) is 93.2 Å². The number of benzene rings is 1. The number of allylic oxidation sites excluding steroid dienone is 5. The van der Waals surface area contributed by atoms with Gasteiger partial charge in [-0.25, -0.2) is 9.97 Å². The number of hydrogen-bond donors (Lipinski definition) is 2. The van der Waals surface area contributed by atoms with Gasteiger partial charge < -0.3 is 15.4 Å². The fourth-order valence-electron chi connectivity index (χ4n) is 2.92. The van der Waals surface area contributed by atoms with Crippen LogP contribution in [-0.2, 0) is 9.59 Å². The van der Waals surface area contributed by atoms with Crippen molar-refractivity contribution >= 4 is 32.6 Å². The highest BCUT2D eigenvalue weighted by atomic mass is 31.0. The normalized spacial score (nSPS) is 13.1. The SMILES string of the molecule is CC(C)C(=O)Nc1cc(Oc2ccc(NC(=O)CC3=C(CP)C=CCC=C3)cc2)ncn1. The molecule has 1 heterocycles. The summed E-state index contributed by atoms with van der Waals surface area (Å²) < 4.78 is 5.74. The van der Waals surface area contributed by atoms with Gasteiger partial charge in [0, 0.05) is 17.7 Å². The van der Waals surface area contributed by atoms with Crippen molar-refractivity contribution in [3.05, 3.63) is 72.1 Å². The smallest absolute Gasteiger partial charge is 0.228 e. The molecule has 0 saturated carbocycles. The Morgan fingerprint density at radius 3 is 2.47 bits per heavy atom. The molecule has 1 aromatic carbocycles. The maximum Gasteiger partial charge on any atom is 0.228 e. The molecule has 0 aliphatic heterocycles. The molecule has 32 heavy (non-hydrogen) atoms. The monoisotopic (exact) mass is 450 g/mol. The summed E-state index contributed by atoms with van der Waals surface area (Å²) in [6.45, 7) is 3.61. The number of amides is 2. The van der Waals surface area contributed by atoms with Crippen LogP contribution in [0.25, 0.3) is 0 Å². The standard InChI is InChI=1S/C24H27N4O3P/c1-16(2)24(30)28-21-13-23(26-15-25-21)31-20-10-8-19(9-11-20)27-22(29)12-17-6-4-3-5-7-18(17)14-32/h4-11,13,15-16H,3,12,14,32H2,1-2H3,(H,27,29)(H,25,26,28,30). The van der Waals surface area contributed by atoms with E-state index in [9.17, 15) is 9.59 Å². The summed E-state index contributed by atoms with van der Waals surface area (Å²) in [5.41, 5.74) is 2.85. The highest BCUT2D eigenvalue weighted by molar-refractivity contribution is 7.16. The number of nitrogens with zero attached hydrogens (tertiary/aromatic N) is 2. The fraction of sp³-hybridized carbons (Fsp3) is 0.250. The Kier molecular flexibility index (Phi) is 8.28. The van der Waals surface area contributed by atoms with Crippen molar-refractivity contribution < 1.29 is 14.3 Å². The van der Waals surface area contributed by atoms with Crippen molar-refractivity contribution in [2.45, 2.75) is 26.7 Å². The van der Waals surface area contributed by atoms with E-state index in [-0.39, 0.29) is 17.7 Å². The molecule has 0 saturated heterocycles. The summed E-state index contributed by atoms with van der Waals surface area (Å²) in [4.78, 5) is 32.4. The van der Waals surface area contributed by atoms with Crippen molar-refractivity contribution in [2.24, 2.45) is 5.92 Å². The molecule has 0 bridgehead atoms. The third-order valence-electron chi connectivity index (χ3n) is 4.67. The second kappa shape index (κ2) is 11.3. The minimum atomic E-state index is -0.157. The van der Waals surface area contributed by atoms with Gasteiger partial charge in [0.15, 0.2) is 0 Å². The van der Waals surface area contributed by atoms with E-state index in [1.807, 2.05) is 6.08 Å². The lowest BCUT2D eigenvalue weighted by Crippen LogP contribution is -2.18. The zero-order chi connectivity index (χ0) is 22.9. The Labute approximate surface area is 190 Å². The molecule has 1 aromatic heterocycles. The number of carbonyl (C=O) groups excluding carboxylic acids is 2. The van der Waals surface area contributed by atoms with E-state index in [2.05, 4.69) is 48.1 Å². The Hall–Kier alpha value is -3.31. The van der Waals surface area contributed by atoms with Gasteiger partial charge in [-0.2, -0.15) is 0 Å². The van der Waals surface area contributed by atoms with Crippen molar-refractivity contribution in [1.82, 2.24) is 9.97 Å². The van der Waals surface area contributed by atoms with E-state index in [1.165, 1.54) is 6.33 Å². The number of rotatable bonds is 8. The quantitative estimate of drug-likeness (QED) is 0.559. The molecule has 0 spiro atoms. The number of anilines is 2. The van der Waals surface area contributed by atoms with Crippen molar-refractivity contribution in [3.63, 3.8) is 0 Å². The van der Waals surface area contributed by atoms with Crippen LogP contribution < -0.4 is 15.4 Å². The van der Waals surface area contributed by atoms with Crippen LogP contribution in [0.1, 0.15) is 26.7 Å². The molecular formula is C24H27N4O3P. The Bertz CT molecular complexity index is 1060. The molecule has 8 heteroatoms. The molecule has 1 atom stereocenters. The molecule has 2 N–H and O–H groups in total. The first-order chi connectivity index (χ1) is 15.4. The van der Waals surface area contributed by atoms with Crippen LogP contribution >= 0.6 is 9.24 Å². The van der Waals surface area contributed by atoms with E-state index in [0.29, 0.717) is 29.6 Å². The first kappa shape index (κ1) is 23.4. The van der Waals surface area contributed by atoms with Gasteiger partial charge in [0.05, 0.1) is 6.42 Å². The predicted octanol–water partition coefficient (Wildman–Crippen LogP) is 4.88. The molecular weight excluding hydrogens is 423 g/mol. The summed E-state index contributed by atoms with van der Waals surface area (Å²) in [5, 5.41) is 5.63. The number of hydrogen-bond acceptors (Lipinski definition) is 5. The average molecular weight is 450 g/mol. The van der Waals surface area contributed by atoms with Crippen LogP contribution in [0.2, 0.25) is 0 Å². The summed E-state index contributed by atoms with van der Waals surface area (Å²) >= 11 is 0. The van der Waals surface area contributed by atoms with Crippen LogP contribution in [-0.4, -0.2) is 27.9 Å². The van der Waals surface area contributed by atoms with Gasteiger partial charge in [-0.15, -0.1) is 9.24 Å². The third kappa shape index (κ3) is 6.86. The number of ether oxygens (including phenoxy) is 1. The van der Waals surface area contributed by atoms with Gasteiger partial charge in [-0.3, -0.25) is 9.59 Å². The van der Waals surface area contributed by atoms with Crippen molar-refractivity contribution in [3.8, 4) is 11.6 Å². The summed E-state index contributed by atoms with van der Waals surface area (Å²) in [7, 11) is 2.71. The largest absolute Gasteiger partial charge is 0.439 e. The van der Waals surface area contributed by atoms with Gasteiger partial charge in [0.2, 0.25) is 17.7 Å². The average Bonchev–Trinajstić information content (AvgIpc) is 3.00. The van der Waals surface area contributed by atoms with Crippen LogP contribution in [0.3, 0.4) is 0 Å². The molecule has 3 rings (SSSR count). The molecule has 0 radical (unpaired) electrons. The fourth-order valence-corrected chi connectivity index (χ4v) is 3.32. The molecule has 0 fully saturated rings. The van der Waals surface area contributed by atoms with E-state index < -0.39 is 0 Å². The summed E-state index contributed by atoms with van der Waals surface area (Å²) in [6, 6.07) is 8.58. The highest BCUT2D eigenvalue weighted by Gasteiger charge is 2.11. The zero-order valence-electron chi connectivity index (χ0n) is 18.2. The minimum Gasteiger partial charge on any atom is -0.439 e.